The average Bonchev–Trinajstić information content (AvgIpc) is 2.49. The maximum Gasteiger partial charge on any atom is 0.241 e. The molecule has 0 atom stereocenters. The first-order valence-corrected chi connectivity index (χ1v) is 4.65. The molecular formula is C10H17N3O. The zero-order chi connectivity index (χ0) is 10.6. The molecule has 1 aromatic heterocycles. The van der Waals surface area contributed by atoms with E-state index in [-0.39, 0.29) is 18.0 Å². The lowest BCUT2D eigenvalue weighted by Crippen LogP contribution is -2.44. The van der Waals surface area contributed by atoms with Crippen molar-refractivity contribution < 1.29 is 4.79 Å². The third-order valence-corrected chi connectivity index (χ3v) is 1.54. The smallest absolute Gasteiger partial charge is 0.241 e. The molecule has 0 aliphatic rings. The highest BCUT2D eigenvalue weighted by Crippen LogP contribution is 1.97. The zero-order valence-corrected chi connectivity index (χ0v) is 8.87. The van der Waals surface area contributed by atoms with E-state index >= 15 is 0 Å². The fraction of sp³-hybridized carbons (Fsp3) is 0.500. The van der Waals surface area contributed by atoms with Crippen LogP contribution < -0.4 is 10.7 Å². The molecule has 0 fully saturated rings. The second-order valence-electron chi connectivity index (χ2n) is 4.22. The number of nitrogens with one attached hydrogen (secondary N) is 2. The number of hydrogen-bond acceptors (Lipinski definition) is 2. The van der Waals surface area contributed by atoms with Gasteiger partial charge in [-0.25, -0.2) is 0 Å². The van der Waals surface area contributed by atoms with Crippen molar-refractivity contribution in [1.29, 1.82) is 0 Å². The molecule has 0 spiro atoms. The fourth-order valence-electron chi connectivity index (χ4n) is 1.07. The highest BCUT2D eigenvalue weighted by atomic mass is 16.2. The zero-order valence-electron chi connectivity index (χ0n) is 8.87. The van der Waals surface area contributed by atoms with Gasteiger partial charge >= 0.3 is 0 Å². The van der Waals surface area contributed by atoms with Crippen molar-refractivity contribution in [3.05, 3.63) is 24.5 Å². The van der Waals surface area contributed by atoms with E-state index in [9.17, 15) is 4.79 Å². The first kappa shape index (κ1) is 10.6. The standard InChI is InChI=1S/C10H17N3O/c1-10(2,3)12-9(14)8-11-13-6-4-5-7-13/h4-7,11H,8H2,1-3H3,(H,12,14). The van der Waals surface area contributed by atoms with Crippen LogP contribution in [0.5, 0.6) is 0 Å². The Hall–Kier alpha value is -1.45. The first-order chi connectivity index (χ1) is 6.47. The van der Waals surface area contributed by atoms with Gasteiger partial charge in [-0.2, -0.15) is 0 Å². The van der Waals surface area contributed by atoms with Crippen LogP contribution in [0.3, 0.4) is 0 Å². The lowest BCUT2D eigenvalue weighted by Gasteiger charge is -2.20. The van der Waals surface area contributed by atoms with E-state index in [2.05, 4.69) is 10.7 Å². The Morgan fingerprint density at radius 3 is 2.36 bits per heavy atom. The van der Waals surface area contributed by atoms with Gasteiger partial charge in [0.1, 0.15) is 6.54 Å². The van der Waals surface area contributed by atoms with Crippen LogP contribution in [0.1, 0.15) is 20.8 Å². The molecule has 0 aliphatic carbocycles. The normalized spacial score (nSPS) is 11.1. The van der Waals surface area contributed by atoms with Gasteiger partial charge in [0.2, 0.25) is 5.91 Å². The lowest BCUT2D eigenvalue weighted by atomic mass is 10.1. The largest absolute Gasteiger partial charge is 0.350 e. The third kappa shape index (κ3) is 3.98. The number of aromatic nitrogens is 1. The molecule has 1 rings (SSSR count). The molecule has 4 nitrogen and oxygen atoms in total. The van der Waals surface area contributed by atoms with Crippen molar-refractivity contribution in [3.63, 3.8) is 0 Å². The van der Waals surface area contributed by atoms with Gasteiger partial charge in [0.05, 0.1) is 0 Å². The highest BCUT2D eigenvalue weighted by Gasteiger charge is 2.12. The lowest BCUT2D eigenvalue weighted by molar-refractivity contribution is -0.120. The molecule has 0 bridgehead atoms. The molecule has 0 saturated heterocycles. The fourth-order valence-corrected chi connectivity index (χ4v) is 1.07. The molecule has 4 heteroatoms. The molecule has 14 heavy (non-hydrogen) atoms. The minimum atomic E-state index is -0.171. The summed E-state index contributed by atoms with van der Waals surface area (Å²) >= 11 is 0. The maximum absolute atomic E-state index is 11.4. The maximum atomic E-state index is 11.4. The van der Waals surface area contributed by atoms with Crippen LogP contribution >= 0.6 is 0 Å². The van der Waals surface area contributed by atoms with E-state index in [4.69, 9.17) is 0 Å². The molecule has 0 radical (unpaired) electrons. The van der Waals surface area contributed by atoms with Crippen LogP contribution in [0.15, 0.2) is 24.5 Å². The van der Waals surface area contributed by atoms with Crippen molar-refractivity contribution in [2.75, 3.05) is 12.0 Å². The number of hydrogen-bond donors (Lipinski definition) is 2. The number of carbonyl (C=O) groups is 1. The Balaban J connectivity index is 2.29. The van der Waals surface area contributed by atoms with Crippen LogP contribution in [-0.2, 0) is 4.79 Å². The molecule has 0 saturated carbocycles. The summed E-state index contributed by atoms with van der Waals surface area (Å²) in [6, 6.07) is 3.79. The minimum absolute atomic E-state index is 0.00815. The molecule has 78 valence electrons. The SMILES string of the molecule is CC(C)(C)NC(=O)CNn1cccc1. The summed E-state index contributed by atoms with van der Waals surface area (Å²) in [4.78, 5) is 11.4. The Bertz CT molecular complexity index is 285. The highest BCUT2D eigenvalue weighted by molar-refractivity contribution is 5.79. The summed E-state index contributed by atoms with van der Waals surface area (Å²) < 4.78 is 1.75. The van der Waals surface area contributed by atoms with Crippen LogP contribution in [0.2, 0.25) is 0 Å². The van der Waals surface area contributed by atoms with Gasteiger partial charge < -0.3 is 10.7 Å². The summed E-state index contributed by atoms with van der Waals surface area (Å²) in [7, 11) is 0. The Kier molecular flexibility index (Phi) is 3.17. The minimum Gasteiger partial charge on any atom is -0.350 e. The van der Waals surface area contributed by atoms with E-state index in [1.165, 1.54) is 0 Å². The average molecular weight is 195 g/mol. The second kappa shape index (κ2) is 4.17. The van der Waals surface area contributed by atoms with Crippen molar-refractivity contribution >= 4 is 5.91 Å². The van der Waals surface area contributed by atoms with E-state index in [1.54, 1.807) is 4.68 Å². The first-order valence-electron chi connectivity index (χ1n) is 4.65. The van der Waals surface area contributed by atoms with Crippen molar-refractivity contribution in [2.45, 2.75) is 26.3 Å². The van der Waals surface area contributed by atoms with Crippen molar-refractivity contribution in [2.24, 2.45) is 0 Å². The number of nitrogens with zero attached hydrogens (tertiary/aromatic N) is 1. The monoisotopic (exact) mass is 195 g/mol. The quantitative estimate of drug-likeness (QED) is 0.754. The molecule has 1 aromatic rings. The molecular weight excluding hydrogens is 178 g/mol. The predicted molar refractivity (Wildman–Crippen MR) is 56.6 cm³/mol. The van der Waals surface area contributed by atoms with Gasteiger partial charge in [-0.1, -0.05) is 0 Å². The Morgan fingerprint density at radius 1 is 1.29 bits per heavy atom. The summed E-state index contributed by atoms with van der Waals surface area (Å²) in [6.07, 6.45) is 3.70. The van der Waals surface area contributed by atoms with Gasteiger partial charge in [-0.3, -0.25) is 9.47 Å². The summed E-state index contributed by atoms with van der Waals surface area (Å²) in [5.74, 6) is -0.00815. The van der Waals surface area contributed by atoms with Crippen molar-refractivity contribution in [3.8, 4) is 0 Å². The van der Waals surface area contributed by atoms with Gasteiger partial charge in [-0.15, -0.1) is 0 Å². The van der Waals surface area contributed by atoms with E-state index in [0.717, 1.165) is 0 Å². The summed E-state index contributed by atoms with van der Waals surface area (Å²) in [5.41, 5.74) is 2.78. The number of rotatable bonds is 3. The van der Waals surface area contributed by atoms with Gasteiger partial charge in [0.15, 0.2) is 0 Å². The molecule has 2 N–H and O–H groups in total. The van der Waals surface area contributed by atoms with Crippen LogP contribution in [0.4, 0.5) is 0 Å². The van der Waals surface area contributed by atoms with Crippen LogP contribution in [0, 0.1) is 0 Å². The molecule has 0 aliphatic heterocycles. The molecule has 0 aromatic carbocycles. The third-order valence-electron chi connectivity index (χ3n) is 1.54. The Morgan fingerprint density at radius 2 is 1.86 bits per heavy atom. The van der Waals surface area contributed by atoms with E-state index < -0.39 is 0 Å². The van der Waals surface area contributed by atoms with Crippen molar-refractivity contribution in [1.82, 2.24) is 9.99 Å². The van der Waals surface area contributed by atoms with E-state index in [0.29, 0.717) is 0 Å². The molecule has 1 amide bonds. The van der Waals surface area contributed by atoms with Crippen LogP contribution in [0.25, 0.3) is 0 Å². The Labute approximate surface area is 84.3 Å². The summed E-state index contributed by atoms with van der Waals surface area (Å²) in [5, 5.41) is 2.87. The molecule has 1 heterocycles. The summed E-state index contributed by atoms with van der Waals surface area (Å²) in [6.45, 7) is 6.16. The number of amides is 1. The number of carbonyl (C=O) groups excluding carboxylic acids is 1. The van der Waals surface area contributed by atoms with Crippen LogP contribution in [-0.4, -0.2) is 22.7 Å². The van der Waals surface area contributed by atoms with Gasteiger partial charge in [0.25, 0.3) is 0 Å². The van der Waals surface area contributed by atoms with E-state index in [1.807, 2.05) is 45.3 Å². The molecule has 0 unspecified atom stereocenters. The topological polar surface area (TPSA) is 46.1 Å². The predicted octanol–water partition coefficient (Wildman–Crippen LogP) is 0.946. The second-order valence-corrected chi connectivity index (χ2v) is 4.22. The van der Waals surface area contributed by atoms with Gasteiger partial charge in [0, 0.05) is 17.9 Å². The van der Waals surface area contributed by atoms with Gasteiger partial charge in [-0.05, 0) is 32.9 Å².